The van der Waals surface area contributed by atoms with E-state index in [1.165, 1.54) is 18.2 Å². The van der Waals surface area contributed by atoms with Crippen molar-refractivity contribution in [3.05, 3.63) is 65.5 Å². The summed E-state index contributed by atoms with van der Waals surface area (Å²) in [5, 5.41) is 2.65. The van der Waals surface area contributed by atoms with Crippen LogP contribution in [0.1, 0.15) is 20.7 Å². The Morgan fingerprint density at radius 1 is 1.00 bits per heavy atom. The van der Waals surface area contributed by atoms with Gasteiger partial charge in [-0.1, -0.05) is 18.2 Å². The molecule has 1 heterocycles. The van der Waals surface area contributed by atoms with Crippen molar-refractivity contribution in [1.29, 1.82) is 0 Å². The molecular formula is C19H20FN3O2. The van der Waals surface area contributed by atoms with Crippen LogP contribution in [-0.4, -0.2) is 54.8 Å². The maximum absolute atomic E-state index is 13.7. The molecule has 5 nitrogen and oxygen atoms in total. The second-order valence-corrected chi connectivity index (χ2v) is 6.11. The van der Waals surface area contributed by atoms with E-state index in [0.717, 1.165) is 13.1 Å². The molecule has 3 rings (SSSR count). The Balaban J connectivity index is 1.72. The lowest BCUT2D eigenvalue weighted by atomic mass is 10.1. The van der Waals surface area contributed by atoms with Crippen LogP contribution in [0, 0.1) is 5.82 Å². The minimum Gasteiger partial charge on any atom is -0.336 e. The van der Waals surface area contributed by atoms with E-state index in [-0.39, 0.29) is 11.5 Å². The van der Waals surface area contributed by atoms with Crippen molar-refractivity contribution in [3.63, 3.8) is 0 Å². The van der Waals surface area contributed by atoms with E-state index in [9.17, 15) is 14.0 Å². The van der Waals surface area contributed by atoms with E-state index in [2.05, 4.69) is 10.2 Å². The highest BCUT2D eigenvalue weighted by atomic mass is 19.1. The van der Waals surface area contributed by atoms with Gasteiger partial charge in [0, 0.05) is 37.4 Å². The smallest absolute Gasteiger partial charge is 0.258 e. The summed E-state index contributed by atoms with van der Waals surface area (Å²) in [7, 11) is 2.03. The molecule has 25 heavy (non-hydrogen) atoms. The number of benzene rings is 2. The third-order valence-electron chi connectivity index (χ3n) is 4.28. The lowest BCUT2D eigenvalue weighted by molar-refractivity contribution is 0.0664. The molecule has 1 N–H and O–H groups in total. The molecule has 2 amide bonds. The fourth-order valence-electron chi connectivity index (χ4n) is 2.77. The molecule has 1 aliphatic rings. The van der Waals surface area contributed by atoms with Crippen molar-refractivity contribution < 1.29 is 14.0 Å². The number of carbonyl (C=O) groups is 2. The van der Waals surface area contributed by atoms with Crippen molar-refractivity contribution in [1.82, 2.24) is 9.80 Å². The number of rotatable bonds is 3. The topological polar surface area (TPSA) is 52.6 Å². The minimum atomic E-state index is -0.579. The van der Waals surface area contributed by atoms with Crippen LogP contribution >= 0.6 is 0 Å². The molecule has 0 saturated carbocycles. The van der Waals surface area contributed by atoms with Gasteiger partial charge >= 0.3 is 0 Å². The van der Waals surface area contributed by atoms with Crippen LogP contribution in [0.25, 0.3) is 0 Å². The van der Waals surface area contributed by atoms with E-state index in [1.54, 1.807) is 35.2 Å². The van der Waals surface area contributed by atoms with E-state index in [1.807, 2.05) is 7.05 Å². The van der Waals surface area contributed by atoms with Gasteiger partial charge in [0.05, 0.1) is 5.56 Å². The van der Waals surface area contributed by atoms with Crippen molar-refractivity contribution in [2.45, 2.75) is 0 Å². The third kappa shape index (κ3) is 4.03. The van der Waals surface area contributed by atoms with Gasteiger partial charge in [-0.25, -0.2) is 4.39 Å². The van der Waals surface area contributed by atoms with Gasteiger partial charge < -0.3 is 15.1 Å². The highest BCUT2D eigenvalue weighted by Gasteiger charge is 2.20. The fraction of sp³-hybridized carbons (Fsp3) is 0.263. The SMILES string of the molecule is CN1CCN(C(=O)c2cccc(NC(=O)c3ccccc3F)c2)CC1. The van der Waals surface area contributed by atoms with Gasteiger partial charge in [0.25, 0.3) is 11.8 Å². The molecule has 0 atom stereocenters. The minimum absolute atomic E-state index is 0.0294. The van der Waals surface area contributed by atoms with Gasteiger partial charge in [0.1, 0.15) is 5.82 Å². The van der Waals surface area contributed by atoms with Crippen molar-refractivity contribution in [2.24, 2.45) is 0 Å². The summed E-state index contributed by atoms with van der Waals surface area (Å²) in [5.41, 5.74) is 0.947. The van der Waals surface area contributed by atoms with E-state index in [4.69, 9.17) is 0 Å². The highest BCUT2D eigenvalue weighted by molar-refractivity contribution is 6.05. The van der Waals surface area contributed by atoms with Gasteiger partial charge in [-0.3, -0.25) is 9.59 Å². The number of likely N-dealkylation sites (N-methyl/N-ethyl adjacent to an activating group) is 1. The van der Waals surface area contributed by atoms with Crippen LogP contribution in [0.5, 0.6) is 0 Å². The van der Waals surface area contributed by atoms with Crippen LogP contribution in [-0.2, 0) is 0 Å². The average molecular weight is 341 g/mol. The Morgan fingerprint density at radius 2 is 1.72 bits per heavy atom. The van der Waals surface area contributed by atoms with Crippen LogP contribution in [0.4, 0.5) is 10.1 Å². The fourth-order valence-corrected chi connectivity index (χ4v) is 2.77. The molecule has 0 aromatic heterocycles. The summed E-state index contributed by atoms with van der Waals surface area (Å²) >= 11 is 0. The van der Waals surface area contributed by atoms with Gasteiger partial charge in [-0.2, -0.15) is 0 Å². The van der Waals surface area contributed by atoms with Crippen LogP contribution in [0.2, 0.25) is 0 Å². The molecule has 0 spiro atoms. The van der Waals surface area contributed by atoms with Crippen LogP contribution in [0.15, 0.2) is 48.5 Å². The van der Waals surface area contributed by atoms with E-state index >= 15 is 0 Å². The lowest BCUT2D eigenvalue weighted by Gasteiger charge is -2.32. The van der Waals surface area contributed by atoms with Crippen LogP contribution in [0.3, 0.4) is 0 Å². The predicted octanol–water partition coefficient (Wildman–Crippen LogP) is 2.47. The zero-order valence-electron chi connectivity index (χ0n) is 14.0. The molecule has 1 saturated heterocycles. The van der Waals surface area contributed by atoms with Gasteiger partial charge in [-0.05, 0) is 37.4 Å². The average Bonchev–Trinajstić information content (AvgIpc) is 2.62. The molecule has 1 aliphatic heterocycles. The molecule has 0 radical (unpaired) electrons. The zero-order chi connectivity index (χ0) is 17.8. The van der Waals surface area contributed by atoms with E-state index in [0.29, 0.717) is 24.3 Å². The molecule has 2 aromatic rings. The second-order valence-electron chi connectivity index (χ2n) is 6.11. The molecule has 6 heteroatoms. The first kappa shape index (κ1) is 17.1. The standard InChI is InChI=1S/C19H20FN3O2/c1-22-9-11-23(12-10-22)19(25)14-5-4-6-15(13-14)21-18(24)16-7-2-3-8-17(16)20/h2-8,13H,9-12H2,1H3,(H,21,24). The zero-order valence-corrected chi connectivity index (χ0v) is 14.0. The lowest BCUT2D eigenvalue weighted by Crippen LogP contribution is -2.47. The maximum atomic E-state index is 13.7. The Kier molecular flexibility index (Phi) is 5.09. The first-order valence-electron chi connectivity index (χ1n) is 8.18. The van der Waals surface area contributed by atoms with E-state index < -0.39 is 11.7 Å². The summed E-state index contributed by atoms with van der Waals surface area (Å²) in [6, 6.07) is 12.5. The van der Waals surface area contributed by atoms with Crippen molar-refractivity contribution in [2.75, 3.05) is 38.5 Å². The van der Waals surface area contributed by atoms with Gasteiger partial charge in [0.2, 0.25) is 0 Å². The summed E-state index contributed by atoms with van der Waals surface area (Å²) < 4.78 is 13.7. The predicted molar refractivity (Wildman–Crippen MR) is 94.2 cm³/mol. The Morgan fingerprint density at radius 3 is 2.44 bits per heavy atom. The quantitative estimate of drug-likeness (QED) is 0.933. The third-order valence-corrected chi connectivity index (χ3v) is 4.28. The molecule has 0 aliphatic carbocycles. The molecule has 0 bridgehead atoms. The Bertz CT molecular complexity index is 786. The maximum Gasteiger partial charge on any atom is 0.258 e. The van der Waals surface area contributed by atoms with Crippen molar-refractivity contribution in [3.8, 4) is 0 Å². The van der Waals surface area contributed by atoms with Gasteiger partial charge in [0.15, 0.2) is 0 Å². The first-order chi connectivity index (χ1) is 12.0. The Hall–Kier alpha value is -2.73. The summed E-state index contributed by atoms with van der Waals surface area (Å²) in [4.78, 5) is 28.8. The largest absolute Gasteiger partial charge is 0.336 e. The number of hydrogen-bond acceptors (Lipinski definition) is 3. The first-order valence-corrected chi connectivity index (χ1v) is 8.18. The van der Waals surface area contributed by atoms with Crippen LogP contribution < -0.4 is 5.32 Å². The number of carbonyl (C=O) groups excluding carboxylic acids is 2. The molecule has 0 unspecified atom stereocenters. The number of anilines is 1. The summed E-state index contributed by atoms with van der Waals surface area (Å²) in [5.74, 6) is -1.18. The number of halogens is 1. The Labute approximate surface area is 146 Å². The highest BCUT2D eigenvalue weighted by Crippen LogP contribution is 2.16. The molecular weight excluding hydrogens is 321 g/mol. The normalized spacial score (nSPS) is 15.0. The number of amides is 2. The second kappa shape index (κ2) is 7.44. The number of piperazine rings is 1. The number of nitrogens with one attached hydrogen (secondary N) is 1. The molecule has 1 fully saturated rings. The van der Waals surface area contributed by atoms with Crippen molar-refractivity contribution >= 4 is 17.5 Å². The molecule has 130 valence electrons. The number of nitrogens with zero attached hydrogens (tertiary/aromatic N) is 2. The summed E-state index contributed by atoms with van der Waals surface area (Å²) in [6.45, 7) is 3.05. The summed E-state index contributed by atoms with van der Waals surface area (Å²) in [6.07, 6.45) is 0. The number of hydrogen-bond donors (Lipinski definition) is 1. The molecule has 2 aromatic carbocycles. The monoisotopic (exact) mass is 341 g/mol. The van der Waals surface area contributed by atoms with Gasteiger partial charge in [-0.15, -0.1) is 0 Å².